The number of sulfonamides is 1. The van der Waals surface area contributed by atoms with Gasteiger partial charge in [-0.05, 0) is 49.7 Å². The Labute approximate surface area is 218 Å². The Hall–Kier alpha value is -2.70. The molecule has 9 nitrogen and oxygen atoms in total. The van der Waals surface area contributed by atoms with Crippen molar-refractivity contribution in [3.8, 4) is 11.5 Å². The van der Waals surface area contributed by atoms with Crippen LogP contribution in [0, 0.1) is 5.82 Å². The molecule has 0 aliphatic carbocycles. The number of hydrogen-bond acceptors (Lipinski definition) is 7. The molecular weight excluding hydrogens is 557 g/mol. The van der Waals surface area contributed by atoms with Crippen LogP contribution in [-0.4, -0.2) is 74.7 Å². The highest BCUT2D eigenvalue weighted by molar-refractivity contribution is 9.10. The van der Waals surface area contributed by atoms with Crippen LogP contribution in [0.15, 0.2) is 46.9 Å². The molecule has 0 aromatic heterocycles. The molecule has 196 valence electrons. The predicted octanol–water partition coefficient (Wildman–Crippen LogP) is 2.54. The highest BCUT2D eigenvalue weighted by Gasteiger charge is 2.32. The largest absolute Gasteiger partial charge is 0.480 e. The van der Waals surface area contributed by atoms with Crippen LogP contribution in [0.1, 0.15) is 19.4 Å². The van der Waals surface area contributed by atoms with Gasteiger partial charge in [-0.2, -0.15) is 0 Å². The number of halogens is 2. The molecule has 0 bridgehead atoms. The topological polar surface area (TPSA) is 105 Å². The molecule has 0 spiro atoms. The number of hydrogen-bond donors (Lipinski definition) is 1. The van der Waals surface area contributed by atoms with Gasteiger partial charge in [0.25, 0.3) is 11.8 Å². The van der Waals surface area contributed by atoms with E-state index in [1.165, 1.54) is 12.1 Å². The molecule has 1 saturated heterocycles. The van der Waals surface area contributed by atoms with Gasteiger partial charge in [-0.1, -0.05) is 28.1 Å². The molecule has 1 fully saturated rings. The van der Waals surface area contributed by atoms with E-state index in [-0.39, 0.29) is 41.9 Å². The molecule has 36 heavy (non-hydrogen) atoms. The second kappa shape index (κ2) is 12.0. The van der Waals surface area contributed by atoms with E-state index in [2.05, 4.69) is 20.8 Å². The van der Waals surface area contributed by atoms with Gasteiger partial charge in [-0.15, -0.1) is 0 Å². The van der Waals surface area contributed by atoms with Crippen molar-refractivity contribution in [1.29, 1.82) is 0 Å². The van der Waals surface area contributed by atoms with Gasteiger partial charge in [0.1, 0.15) is 5.82 Å². The number of benzene rings is 2. The van der Waals surface area contributed by atoms with Gasteiger partial charge in [0.2, 0.25) is 10.0 Å². The number of nitrogens with one attached hydrogen (secondary N) is 1. The fourth-order valence-corrected chi connectivity index (χ4v) is 4.72. The monoisotopic (exact) mass is 585 g/mol. The zero-order chi connectivity index (χ0) is 26.5. The van der Waals surface area contributed by atoms with Crippen molar-refractivity contribution >= 4 is 37.8 Å². The molecular formula is C24H29BrFN3O6S. The summed E-state index contributed by atoms with van der Waals surface area (Å²) in [5.74, 6) is -0.868. The molecule has 1 aliphatic rings. The normalized spacial score (nSPS) is 18.5. The summed E-state index contributed by atoms with van der Waals surface area (Å²) in [4.78, 5) is 28.8. The fourth-order valence-electron chi connectivity index (χ4n) is 3.91. The maximum absolute atomic E-state index is 13.2. The van der Waals surface area contributed by atoms with Crippen molar-refractivity contribution in [2.75, 3.05) is 32.6 Å². The number of amides is 2. The smallest absolute Gasteiger partial charge is 0.271 e. The Balaban J connectivity index is 1.57. The molecule has 2 amide bonds. The summed E-state index contributed by atoms with van der Waals surface area (Å²) in [6.45, 7) is 5.07. The molecule has 12 heteroatoms. The van der Waals surface area contributed by atoms with E-state index in [9.17, 15) is 22.4 Å². The molecule has 2 atom stereocenters. The number of carbonyl (C=O) groups is 2. The maximum atomic E-state index is 13.2. The first-order chi connectivity index (χ1) is 16.9. The summed E-state index contributed by atoms with van der Waals surface area (Å²) in [5, 5.41) is 0. The minimum atomic E-state index is -3.70. The van der Waals surface area contributed by atoms with Crippen LogP contribution in [0.25, 0.3) is 0 Å². The van der Waals surface area contributed by atoms with Gasteiger partial charge in [-0.25, -0.2) is 12.8 Å². The van der Waals surface area contributed by atoms with Crippen molar-refractivity contribution < 1.29 is 31.9 Å². The standard InChI is InChI=1S/C24H29BrFN3O6S/c1-16-12-29(17(2)11-28(16)13-18-4-7-20(26)8-5-18)24(31)15-35-21-9-6-19(25)10-22(21)34-14-23(30)27-36(3,32)33/h4-10,16-17H,11-15H2,1-3H3,(H,27,30). The van der Waals surface area contributed by atoms with Crippen LogP contribution in [0.2, 0.25) is 0 Å². The first-order valence-corrected chi connectivity index (χ1v) is 13.9. The van der Waals surface area contributed by atoms with E-state index in [1.807, 2.05) is 18.6 Å². The summed E-state index contributed by atoms with van der Waals surface area (Å²) in [5.41, 5.74) is 1.01. The molecule has 0 saturated carbocycles. The zero-order valence-corrected chi connectivity index (χ0v) is 22.6. The van der Waals surface area contributed by atoms with Gasteiger partial charge in [0.15, 0.2) is 24.7 Å². The van der Waals surface area contributed by atoms with Crippen molar-refractivity contribution in [3.63, 3.8) is 0 Å². The number of rotatable bonds is 9. The van der Waals surface area contributed by atoms with Gasteiger partial charge in [0, 0.05) is 36.2 Å². The predicted molar refractivity (Wildman–Crippen MR) is 136 cm³/mol. The number of carbonyl (C=O) groups excluding carboxylic acids is 2. The zero-order valence-electron chi connectivity index (χ0n) is 20.2. The summed E-state index contributed by atoms with van der Waals surface area (Å²) in [6.07, 6.45) is 0.870. The molecule has 1 aliphatic heterocycles. The Morgan fingerprint density at radius 3 is 2.36 bits per heavy atom. The van der Waals surface area contributed by atoms with Crippen LogP contribution in [-0.2, 0) is 26.2 Å². The molecule has 2 aromatic carbocycles. The average Bonchev–Trinajstić information content (AvgIpc) is 2.79. The van der Waals surface area contributed by atoms with Crippen molar-refractivity contribution in [3.05, 3.63) is 58.3 Å². The molecule has 1 N–H and O–H groups in total. The van der Waals surface area contributed by atoms with Gasteiger partial charge < -0.3 is 14.4 Å². The van der Waals surface area contributed by atoms with Crippen LogP contribution in [0.3, 0.4) is 0 Å². The van der Waals surface area contributed by atoms with Crippen molar-refractivity contribution in [2.45, 2.75) is 32.5 Å². The lowest BCUT2D eigenvalue weighted by molar-refractivity contribution is -0.139. The second-order valence-electron chi connectivity index (χ2n) is 8.77. The van der Waals surface area contributed by atoms with Gasteiger partial charge in [-0.3, -0.25) is 19.2 Å². The third-order valence-electron chi connectivity index (χ3n) is 5.65. The first kappa shape index (κ1) is 27.9. The molecule has 0 radical (unpaired) electrons. The summed E-state index contributed by atoms with van der Waals surface area (Å²) < 4.78 is 49.2. The van der Waals surface area contributed by atoms with E-state index in [4.69, 9.17) is 9.47 Å². The Kier molecular flexibility index (Phi) is 9.31. The Morgan fingerprint density at radius 1 is 1.03 bits per heavy atom. The van der Waals surface area contributed by atoms with Crippen LogP contribution in [0.4, 0.5) is 4.39 Å². The van der Waals surface area contributed by atoms with E-state index in [1.54, 1.807) is 35.2 Å². The average molecular weight is 586 g/mol. The van der Waals surface area contributed by atoms with Crippen molar-refractivity contribution in [2.24, 2.45) is 0 Å². The molecule has 3 rings (SSSR count). The first-order valence-electron chi connectivity index (χ1n) is 11.2. The lowest BCUT2D eigenvalue weighted by Crippen LogP contribution is -2.58. The fraction of sp³-hybridized carbons (Fsp3) is 0.417. The minimum absolute atomic E-state index is 0.0573. The number of piperazine rings is 1. The van der Waals surface area contributed by atoms with E-state index >= 15 is 0 Å². The summed E-state index contributed by atoms with van der Waals surface area (Å²) >= 11 is 3.31. The van der Waals surface area contributed by atoms with E-state index < -0.39 is 22.5 Å². The Bertz CT molecular complexity index is 1190. The third-order valence-corrected chi connectivity index (χ3v) is 6.74. The molecule has 2 aromatic rings. The highest BCUT2D eigenvalue weighted by atomic mass is 79.9. The number of ether oxygens (including phenoxy) is 2. The van der Waals surface area contributed by atoms with Crippen LogP contribution >= 0.6 is 15.9 Å². The minimum Gasteiger partial charge on any atom is -0.480 e. The molecule has 1 heterocycles. The van der Waals surface area contributed by atoms with Crippen LogP contribution < -0.4 is 14.2 Å². The van der Waals surface area contributed by atoms with Crippen molar-refractivity contribution in [1.82, 2.24) is 14.5 Å². The van der Waals surface area contributed by atoms with E-state index in [0.717, 1.165) is 11.8 Å². The SMILES string of the molecule is CC1CN(C(=O)COc2ccc(Br)cc2OCC(=O)NS(C)(=O)=O)C(C)CN1Cc1ccc(F)cc1. The maximum Gasteiger partial charge on any atom is 0.271 e. The lowest BCUT2D eigenvalue weighted by atomic mass is 10.1. The summed E-state index contributed by atoms with van der Waals surface area (Å²) in [7, 11) is -3.70. The quantitative estimate of drug-likeness (QED) is 0.482. The Morgan fingerprint density at radius 2 is 1.69 bits per heavy atom. The third kappa shape index (κ3) is 8.17. The molecule has 2 unspecified atom stereocenters. The highest BCUT2D eigenvalue weighted by Crippen LogP contribution is 2.31. The second-order valence-corrected chi connectivity index (χ2v) is 11.4. The van der Waals surface area contributed by atoms with Gasteiger partial charge in [0.05, 0.1) is 6.26 Å². The van der Waals surface area contributed by atoms with E-state index in [0.29, 0.717) is 24.1 Å². The van der Waals surface area contributed by atoms with Crippen LogP contribution in [0.5, 0.6) is 11.5 Å². The summed E-state index contributed by atoms with van der Waals surface area (Å²) in [6, 6.07) is 11.3. The lowest BCUT2D eigenvalue weighted by Gasteiger charge is -2.44. The number of nitrogens with zero attached hydrogens (tertiary/aromatic N) is 2. The van der Waals surface area contributed by atoms with Gasteiger partial charge >= 0.3 is 0 Å².